The van der Waals surface area contributed by atoms with Crippen molar-refractivity contribution in [3.05, 3.63) is 91.9 Å². The molecule has 5 nitrogen and oxygen atoms in total. The van der Waals surface area contributed by atoms with Crippen LogP contribution in [0.4, 0.5) is 24.5 Å². The third-order valence-corrected chi connectivity index (χ3v) is 4.87. The lowest BCUT2D eigenvalue weighted by atomic mass is 10.1. The van der Waals surface area contributed by atoms with E-state index in [0.29, 0.717) is 21.8 Å². The van der Waals surface area contributed by atoms with E-state index in [0.717, 1.165) is 18.6 Å². The van der Waals surface area contributed by atoms with Crippen molar-refractivity contribution in [3.63, 3.8) is 0 Å². The minimum Gasteiger partial charge on any atom is -0.449 e. The number of nitrogens with zero attached hydrogens (tertiary/aromatic N) is 2. The highest BCUT2D eigenvalue weighted by Crippen LogP contribution is 2.38. The molecule has 0 atom stereocenters. The number of ether oxygens (including phenoxy) is 1. The van der Waals surface area contributed by atoms with E-state index in [9.17, 15) is 23.3 Å². The molecule has 0 fully saturated rings. The Morgan fingerprint density at radius 1 is 1.06 bits per heavy atom. The summed E-state index contributed by atoms with van der Waals surface area (Å²) in [6.07, 6.45) is -2.28. The van der Waals surface area contributed by atoms with Crippen LogP contribution >= 0.6 is 15.9 Å². The van der Waals surface area contributed by atoms with Gasteiger partial charge in [0, 0.05) is 22.3 Å². The van der Waals surface area contributed by atoms with E-state index in [1.807, 2.05) is 31.2 Å². The first-order chi connectivity index (χ1) is 14.7. The molecule has 0 saturated heterocycles. The standard InChI is InChI=1S/C22H16BrF3N2O3/c1-2-14-3-7-18(8-4-14)27-13-15-11-17(23)6-10-20(15)31-21-9-5-16(22(24,25)26)12-19(21)28(29)30/h3-13H,2H2,1H3. The topological polar surface area (TPSA) is 64.7 Å². The van der Waals surface area contributed by atoms with E-state index < -0.39 is 22.4 Å². The van der Waals surface area contributed by atoms with Crippen LogP contribution in [0.3, 0.4) is 0 Å². The number of nitro groups is 1. The molecule has 0 aliphatic heterocycles. The fourth-order valence-electron chi connectivity index (χ4n) is 2.72. The Morgan fingerprint density at radius 3 is 2.35 bits per heavy atom. The molecule has 3 aromatic rings. The Balaban J connectivity index is 1.95. The van der Waals surface area contributed by atoms with Crippen LogP contribution in [0.5, 0.6) is 11.5 Å². The summed E-state index contributed by atoms with van der Waals surface area (Å²) in [5.41, 5.74) is 0.447. The van der Waals surface area contributed by atoms with E-state index in [2.05, 4.69) is 20.9 Å². The summed E-state index contributed by atoms with van der Waals surface area (Å²) in [5, 5.41) is 11.3. The number of alkyl halides is 3. The third kappa shape index (κ3) is 5.69. The average molecular weight is 493 g/mol. The van der Waals surface area contributed by atoms with Crippen LogP contribution < -0.4 is 4.74 Å². The molecule has 31 heavy (non-hydrogen) atoms. The van der Waals surface area contributed by atoms with Gasteiger partial charge in [0.15, 0.2) is 0 Å². The second-order valence-corrected chi connectivity index (χ2v) is 7.42. The smallest absolute Gasteiger partial charge is 0.416 e. The molecule has 0 bridgehead atoms. The molecule has 0 aliphatic rings. The number of hydrogen-bond acceptors (Lipinski definition) is 4. The summed E-state index contributed by atoms with van der Waals surface area (Å²) in [7, 11) is 0. The van der Waals surface area contributed by atoms with Gasteiger partial charge in [0.25, 0.3) is 0 Å². The molecule has 0 amide bonds. The molecule has 0 aromatic heterocycles. The molecule has 0 spiro atoms. The lowest BCUT2D eigenvalue weighted by molar-refractivity contribution is -0.385. The maximum Gasteiger partial charge on any atom is 0.416 e. The largest absolute Gasteiger partial charge is 0.449 e. The number of halogens is 4. The van der Waals surface area contributed by atoms with Crippen LogP contribution in [-0.4, -0.2) is 11.1 Å². The zero-order chi connectivity index (χ0) is 22.6. The van der Waals surface area contributed by atoms with Gasteiger partial charge >= 0.3 is 11.9 Å². The average Bonchev–Trinajstić information content (AvgIpc) is 2.73. The molecular weight excluding hydrogens is 477 g/mol. The van der Waals surface area contributed by atoms with E-state index in [-0.39, 0.29) is 11.5 Å². The van der Waals surface area contributed by atoms with Crippen LogP contribution in [0, 0.1) is 10.1 Å². The second-order valence-electron chi connectivity index (χ2n) is 6.50. The van der Waals surface area contributed by atoms with Crippen LogP contribution in [0.1, 0.15) is 23.6 Å². The molecule has 0 heterocycles. The minimum absolute atomic E-state index is 0.208. The summed E-state index contributed by atoms with van der Waals surface area (Å²) < 4.78 is 45.1. The molecule has 0 aliphatic carbocycles. The molecule has 0 unspecified atom stereocenters. The number of nitro benzene ring substituents is 1. The normalized spacial score (nSPS) is 11.6. The molecule has 0 N–H and O–H groups in total. The fourth-order valence-corrected chi connectivity index (χ4v) is 3.09. The van der Waals surface area contributed by atoms with Gasteiger partial charge in [-0.05, 0) is 54.4 Å². The molecule has 160 valence electrons. The number of hydrogen-bond donors (Lipinski definition) is 0. The van der Waals surface area contributed by atoms with Gasteiger partial charge in [-0.3, -0.25) is 15.1 Å². The Bertz CT molecular complexity index is 1130. The van der Waals surface area contributed by atoms with Crippen molar-refractivity contribution in [1.29, 1.82) is 0 Å². The molecule has 0 radical (unpaired) electrons. The molecule has 3 rings (SSSR count). The Morgan fingerprint density at radius 2 is 1.74 bits per heavy atom. The highest BCUT2D eigenvalue weighted by molar-refractivity contribution is 9.10. The first-order valence-corrected chi connectivity index (χ1v) is 9.92. The van der Waals surface area contributed by atoms with Gasteiger partial charge in [-0.25, -0.2) is 0 Å². The number of benzene rings is 3. The predicted octanol–water partition coefficient (Wildman–Crippen LogP) is 7.48. The quantitative estimate of drug-likeness (QED) is 0.203. The molecular formula is C22H16BrF3N2O3. The second kappa shape index (κ2) is 9.30. The minimum atomic E-state index is -4.70. The summed E-state index contributed by atoms with van der Waals surface area (Å²) in [6, 6.07) is 14.6. The van der Waals surface area contributed by atoms with Crippen molar-refractivity contribution in [1.82, 2.24) is 0 Å². The van der Waals surface area contributed by atoms with Gasteiger partial charge in [0.2, 0.25) is 5.75 Å². The highest BCUT2D eigenvalue weighted by atomic mass is 79.9. The van der Waals surface area contributed by atoms with E-state index in [4.69, 9.17) is 4.74 Å². The van der Waals surface area contributed by atoms with Gasteiger partial charge in [0.05, 0.1) is 16.2 Å². The monoisotopic (exact) mass is 492 g/mol. The number of rotatable bonds is 6. The Labute approximate surface area is 184 Å². The van der Waals surface area contributed by atoms with Gasteiger partial charge in [-0.1, -0.05) is 35.0 Å². The van der Waals surface area contributed by atoms with Crippen LogP contribution in [-0.2, 0) is 12.6 Å². The van der Waals surface area contributed by atoms with Gasteiger partial charge in [-0.15, -0.1) is 0 Å². The molecule has 3 aromatic carbocycles. The first kappa shape index (κ1) is 22.5. The van der Waals surface area contributed by atoms with Gasteiger partial charge < -0.3 is 4.74 Å². The van der Waals surface area contributed by atoms with Gasteiger partial charge in [0.1, 0.15) is 5.75 Å². The Hall–Kier alpha value is -3.20. The SMILES string of the molecule is CCc1ccc(N=Cc2cc(Br)ccc2Oc2ccc(C(F)(F)F)cc2[N+](=O)[O-])cc1. The van der Waals surface area contributed by atoms with Crippen molar-refractivity contribution in [3.8, 4) is 11.5 Å². The summed E-state index contributed by atoms with van der Waals surface area (Å²) >= 11 is 3.35. The highest BCUT2D eigenvalue weighted by Gasteiger charge is 2.33. The lowest BCUT2D eigenvalue weighted by Gasteiger charge is -2.12. The van der Waals surface area contributed by atoms with Crippen molar-refractivity contribution < 1.29 is 22.8 Å². The maximum atomic E-state index is 12.9. The van der Waals surface area contributed by atoms with E-state index in [1.54, 1.807) is 18.2 Å². The van der Waals surface area contributed by atoms with Crippen LogP contribution in [0.15, 0.2) is 70.1 Å². The lowest BCUT2D eigenvalue weighted by Crippen LogP contribution is -2.06. The van der Waals surface area contributed by atoms with Crippen molar-refractivity contribution in [2.75, 3.05) is 0 Å². The zero-order valence-electron chi connectivity index (χ0n) is 16.2. The number of aliphatic imine (C=N–C) groups is 1. The molecule has 0 saturated carbocycles. The summed E-state index contributed by atoms with van der Waals surface area (Å²) in [6.45, 7) is 2.05. The zero-order valence-corrected chi connectivity index (χ0v) is 17.8. The predicted molar refractivity (Wildman–Crippen MR) is 115 cm³/mol. The first-order valence-electron chi connectivity index (χ1n) is 9.13. The van der Waals surface area contributed by atoms with E-state index >= 15 is 0 Å². The molecule has 9 heteroatoms. The van der Waals surface area contributed by atoms with Crippen molar-refractivity contribution in [2.24, 2.45) is 4.99 Å². The third-order valence-electron chi connectivity index (χ3n) is 4.37. The van der Waals surface area contributed by atoms with Crippen LogP contribution in [0.25, 0.3) is 0 Å². The van der Waals surface area contributed by atoms with Crippen LogP contribution in [0.2, 0.25) is 0 Å². The maximum absolute atomic E-state index is 12.9. The van der Waals surface area contributed by atoms with E-state index in [1.165, 1.54) is 11.8 Å². The van der Waals surface area contributed by atoms with Gasteiger partial charge in [-0.2, -0.15) is 13.2 Å². The summed E-state index contributed by atoms with van der Waals surface area (Å²) in [5.74, 6) is -0.0951. The van der Waals surface area contributed by atoms with Crippen molar-refractivity contribution >= 4 is 33.5 Å². The summed E-state index contributed by atoms with van der Waals surface area (Å²) in [4.78, 5) is 14.8. The fraction of sp³-hybridized carbons (Fsp3) is 0.136. The number of aryl methyl sites for hydroxylation is 1. The van der Waals surface area contributed by atoms with Crippen molar-refractivity contribution in [2.45, 2.75) is 19.5 Å². The Kier molecular flexibility index (Phi) is 6.74.